The smallest absolute Gasteiger partial charge is 0.0286 e. The maximum atomic E-state index is 2.44. The Morgan fingerprint density at radius 3 is 2.50 bits per heavy atom. The third-order valence-electron chi connectivity index (χ3n) is 2.63. The molecule has 8 heavy (non-hydrogen) atoms. The van der Waals surface area contributed by atoms with E-state index in [4.69, 9.17) is 0 Å². The molecule has 0 N–H and O–H groups in total. The summed E-state index contributed by atoms with van der Waals surface area (Å²) in [6.45, 7) is 2.37. The minimum atomic E-state index is 0.993. The van der Waals surface area contributed by atoms with Crippen molar-refractivity contribution in [2.45, 2.75) is 26.2 Å². The third kappa shape index (κ3) is 0.460. The van der Waals surface area contributed by atoms with Crippen LogP contribution in [0, 0.1) is 11.8 Å². The Bertz CT molecular complexity index is 125. The van der Waals surface area contributed by atoms with E-state index >= 15 is 0 Å². The van der Waals surface area contributed by atoms with Crippen LogP contribution in [-0.2, 0) is 0 Å². The minimum Gasteiger partial charge on any atom is -0.0850 e. The van der Waals surface area contributed by atoms with E-state index in [1.54, 1.807) is 5.57 Å². The first-order chi connectivity index (χ1) is 3.86. The van der Waals surface area contributed by atoms with Gasteiger partial charge in [0.25, 0.3) is 0 Å². The third-order valence-corrected chi connectivity index (χ3v) is 2.63. The number of hydrogen-bond donors (Lipinski definition) is 0. The number of rotatable bonds is 0. The lowest BCUT2D eigenvalue weighted by atomic mass is 9.67. The van der Waals surface area contributed by atoms with Crippen molar-refractivity contribution in [1.29, 1.82) is 0 Å². The van der Waals surface area contributed by atoms with Gasteiger partial charge in [0.1, 0.15) is 0 Å². The van der Waals surface area contributed by atoms with Crippen LogP contribution in [0.4, 0.5) is 0 Å². The normalized spacial score (nSPS) is 42.9. The fourth-order valence-electron chi connectivity index (χ4n) is 1.73. The molecule has 0 heterocycles. The summed E-state index contributed by atoms with van der Waals surface area (Å²) in [4.78, 5) is 0. The Hall–Kier alpha value is -0.260. The lowest BCUT2D eigenvalue weighted by molar-refractivity contribution is 0.264. The Balaban J connectivity index is 2.19. The molecule has 2 bridgehead atoms. The second-order valence-corrected chi connectivity index (χ2v) is 3.24. The van der Waals surface area contributed by atoms with Crippen LogP contribution in [0.5, 0.6) is 0 Å². The van der Waals surface area contributed by atoms with Crippen molar-refractivity contribution in [3.05, 3.63) is 11.6 Å². The maximum absolute atomic E-state index is 2.44. The van der Waals surface area contributed by atoms with Crippen molar-refractivity contribution in [1.82, 2.24) is 0 Å². The van der Waals surface area contributed by atoms with Crippen molar-refractivity contribution in [3.8, 4) is 0 Å². The molecule has 0 amide bonds. The van der Waals surface area contributed by atoms with Crippen LogP contribution in [0.25, 0.3) is 0 Å². The number of allylic oxidation sites excluding steroid dienone is 2. The second-order valence-electron chi connectivity index (χ2n) is 3.24. The van der Waals surface area contributed by atoms with Gasteiger partial charge in [-0.2, -0.15) is 0 Å². The van der Waals surface area contributed by atoms with Gasteiger partial charge < -0.3 is 0 Å². The van der Waals surface area contributed by atoms with Crippen LogP contribution in [0.2, 0.25) is 0 Å². The lowest BCUT2D eigenvalue weighted by Crippen LogP contribution is -2.26. The van der Waals surface area contributed by atoms with E-state index in [-0.39, 0.29) is 0 Å². The summed E-state index contributed by atoms with van der Waals surface area (Å²) in [7, 11) is 0. The predicted octanol–water partition coefficient (Wildman–Crippen LogP) is 2.36. The zero-order chi connectivity index (χ0) is 5.56. The highest BCUT2D eigenvalue weighted by molar-refractivity contribution is 5.18. The van der Waals surface area contributed by atoms with Gasteiger partial charge in [-0.05, 0) is 31.1 Å². The molecule has 0 saturated heterocycles. The molecule has 0 aliphatic heterocycles. The van der Waals surface area contributed by atoms with E-state index in [9.17, 15) is 0 Å². The molecule has 1 atom stereocenters. The zero-order valence-corrected chi connectivity index (χ0v) is 5.35. The molecule has 0 radical (unpaired) electrons. The van der Waals surface area contributed by atoms with Gasteiger partial charge in [0.15, 0.2) is 0 Å². The van der Waals surface area contributed by atoms with Crippen molar-refractivity contribution in [2.24, 2.45) is 11.8 Å². The quantitative estimate of drug-likeness (QED) is 0.418. The summed E-state index contributed by atoms with van der Waals surface area (Å²) in [5, 5.41) is 0. The fraction of sp³-hybridized carbons (Fsp3) is 0.750. The first-order valence-electron chi connectivity index (χ1n) is 3.54. The number of fused-ring (bicyclic) bond motifs is 2. The fourth-order valence-corrected chi connectivity index (χ4v) is 1.73. The van der Waals surface area contributed by atoms with Crippen LogP contribution in [0.1, 0.15) is 26.2 Å². The topological polar surface area (TPSA) is 0 Å². The molecular formula is C8H12. The van der Waals surface area contributed by atoms with Crippen LogP contribution in [0.15, 0.2) is 11.6 Å². The maximum Gasteiger partial charge on any atom is -0.0286 e. The predicted molar refractivity (Wildman–Crippen MR) is 34.6 cm³/mol. The summed E-state index contributed by atoms with van der Waals surface area (Å²) in [5.41, 5.74) is 1.73. The van der Waals surface area contributed by atoms with Crippen LogP contribution in [0.3, 0.4) is 0 Å². The van der Waals surface area contributed by atoms with E-state index in [2.05, 4.69) is 13.0 Å². The highest BCUT2D eigenvalue weighted by atomic mass is 14.4. The second kappa shape index (κ2) is 1.37. The van der Waals surface area contributed by atoms with Gasteiger partial charge in [-0.1, -0.05) is 18.6 Å². The summed E-state index contributed by atoms with van der Waals surface area (Å²) < 4.78 is 0. The van der Waals surface area contributed by atoms with E-state index in [1.807, 2.05) is 0 Å². The lowest BCUT2D eigenvalue weighted by Gasteiger charge is -2.38. The monoisotopic (exact) mass is 108 g/mol. The van der Waals surface area contributed by atoms with Gasteiger partial charge in [0.05, 0.1) is 0 Å². The molecule has 0 aromatic rings. The number of hydrogen-bond acceptors (Lipinski definition) is 0. The first-order valence-corrected chi connectivity index (χ1v) is 3.54. The van der Waals surface area contributed by atoms with Crippen molar-refractivity contribution < 1.29 is 0 Å². The first kappa shape index (κ1) is 4.60. The highest BCUT2D eigenvalue weighted by Gasteiger charge is 2.31. The molecule has 44 valence electrons. The van der Waals surface area contributed by atoms with Crippen LogP contribution >= 0.6 is 0 Å². The highest BCUT2D eigenvalue weighted by Crippen LogP contribution is 2.44. The average Bonchev–Trinajstić information content (AvgIpc) is 1.62. The molecule has 0 unspecified atom stereocenters. The van der Waals surface area contributed by atoms with Gasteiger partial charge in [-0.15, -0.1) is 0 Å². The molecule has 0 aromatic carbocycles. The summed E-state index contributed by atoms with van der Waals surface area (Å²) >= 11 is 0. The van der Waals surface area contributed by atoms with E-state index in [0.717, 1.165) is 11.8 Å². The molecule has 1 saturated carbocycles. The molecule has 1 fully saturated rings. The molecule has 0 heteroatoms. The molecule has 0 nitrogen and oxygen atoms in total. The summed E-state index contributed by atoms with van der Waals surface area (Å²) in [6.07, 6.45) is 6.66. The Morgan fingerprint density at radius 2 is 2.25 bits per heavy atom. The Kier molecular flexibility index (Phi) is 0.787. The average molecular weight is 108 g/mol. The SMILES string of the molecule is C[C@H]1CC=C2CC1C2. The largest absolute Gasteiger partial charge is 0.0850 e. The molecule has 3 aliphatic carbocycles. The Labute approximate surface area is 50.6 Å². The molecule has 0 aromatic heterocycles. The molecular weight excluding hydrogens is 96.1 g/mol. The summed E-state index contributed by atoms with van der Waals surface area (Å²) in [6, 6.07) is 0. The molecule has 3 rings (SSSR count). The van der Waals surface area contributed by atoms with Crippen LogP contribution in [-0.4, -0.2) is 0 Å². The molecule has 0 spiro atoms. The summed E-state index contributed by atoms with van der Waals surface area (Å²) in [5.74, 6) is 2.07. The van der Waals surface area contributed by atoms with Crippen molar-refractivity contribution in [2.75, 3.05) is 0 Å². The van der Waals surface area contributed by atoms with Gasteiger partial charge in [-0.25, -0.2) is 0 Å². The van der Waals surface area contributed by atoms with Crippen LogP contribution < -0.4 is 0 Å². The van der Waals surface area contributed by atoms with E-state index < -0.39 is 0 Å². The zero-order valence-electron chi connectivity index (χ0n) is 5.35. The Morgan fingerprint density at radius 1 is 1.50 bits per heavy atom. The van der Waals surface area contributed by atoms with Gasteiger partial charge >= 0.3 is 0 Å². The van der Waals surface area contributed by atoms with Crippen molar-refractivity contribution >= 4 is 0 Å². The van der Waals surface area contributed by atoms with E-state index in [0.29, 0.717) is 0 Å². The van der Waals surface area contributed by atoms with Crippen molar-refractivity contribution in [3.63, 3.8) is 0 Å². The van der Waals surface area contributed by atoms with Gasteiger partial charge in [0, 0.05) is 0 Å². The van der Waals surface area contributed by atoms with E-state index in [1.165, 1.54) is 19.3 Å². The van der Waals surface area contributed by atoms with Gasteiger partial charge in [-0.3, -0.25) is 0 Å². The van der Waals surface area contributed by atoms with Gasteiger partial charge in [0.2, 0.25) is 0 Å². The molecule has 3 aliphatic rings. The minimum absolute atomic E-state index is 0.993. The standard InChI is InChI=1S/C8H12/c1-6-2-3-7-4-8(6)5-7/h3,6,8H,2,4-5H2,1H3/t6-/m0/s1.